The number of aliphatic hydroxyl groups is 1. The summed E-state index contributed by atoms with van der Waals surface area (Å²) >= 11 is 0. The van der Waals surface area contributed by atoms with Gasteiger partial charge in [0.1, 0.15) is 11.4 Å². The number of fused-ring (bicyclic) bond motifs is 2. The summed E-state index contributed by atoms with van der Waals surface area (Å²) in [6.07, 6.45) is 1.69. The van der Waals surface area contributed by atoms with Gasteiger partial charge in [-0.05, 0) is 37.0 Å². The third-order valence-corrected chi connectivity index (χ3v) is 7.27. The van der Waals surface area contributed by atoms with E-state index in [2.05, 4.69) is 4.90 Å². The first-order valence-electron chi connectivity index (χ1n) is 11.4. The maximum Gasteiger partial charge on any atom is 0.252 e. The van der Waals surface area contributed by atoms with Gasteiger partial charge in [-0.15, -0.1) is 0 Å². The molecule has 0 saturated carbocycles. The molecule has 0 aromatic heterocycles. The number of β-amino-alcohol motifs (C(OH)–C–C–N with tert-alkyl or cyclic N) is 1. The Balaban J connectivity index is 1.28. The van der Waals surface area contributed by atoms with Crippen LogP contribution in [0.15, 0.2) is 24.3 Å². The van der Waals surface area contributed by atoms with Gasteiger partial charge >= 0.3 is 0 Å². The zero-order valence-electron chi connectivity index (χ0n) is 18.1. The van der Waals surface area contributed by atoms with Crippen molar-refractivity contribution in [1.29, 1.82) is 0 Å². The van der Waals surface area contributed by atoms with Crippen LogP contribution in [0.4, 0.5) is 4.39 Å². The number of nitrogens with zero attached hydrogens (tertiary/aromatic N) is 4. The summed E-state index contributed by atoms with van der Waals surface area (Å²) in [6, 6.07) is 5.93. The highest BCUT2D eigenvalue weighted by atomic mass is 19.1. The van der Waals surface area contributed by atoms with E-state index in [0.717, 1.165) is 18.5 Å². The van der Waals surface area contributed by atoms with Crippen LogP contribution in [0.1, 0.15) is 31.2 Å². The maximum atomic E-state index is 13.5. The Bertz CT molecular complexity index is 934. The van der Waals surface area contributed by atoms with Crippen molar-refractivity contribution in [2.45, 2.75) is 49.9 Å². The van der Waals surface area contributed by atoms with Crippen LogP contribution in [0.2, 0.25) is 0 Å². The average Bonchev–Trinajstić information content (AvgIpc) is 3.32. The first-order chi connectivity index (χ1) is 15.4. The molecule has 4 saturated heterocycles. The Morgan fingerprint density at radius 1 is 1.16 bits per heavy atom. The summed E-state index contributed by atoms with van der Waals surface area (Å²) in [5.41, 5.74) is 0.0108. The van der Waals surface area contributed by atoms with Gasteiger partial charge < -0.3 is 10.0 Å². The summed E-state index contributed by atoms with van der Waals surface area (Å²) in [6.45, 7) is 3.30. The van der Waals surface area contributed by atoms with Crippen LogP contribution >= 0.6 is 0 Å². The predicted octanol–water partition coefficient (Wildman–Crippen LogP) is 0.197. The van der Waals surface area contributed by atoms with Gasteiger partial charge in [-0.1, -0.05) is 12.1 Å². The van der Waals surface area contributed by atoms with E-state index in [1.54, 1.807) is 11.0 Å². The van der Waals surface area contributed by atoms with Gasteiger partial charge in [0.2, 0.25) is 11.8 Å². The smallest absolute Gasteiger partial charge is 0.252 e. The Morgan fingerprint density at radius 2 is 1.97 bits per heavy atom. The molecule has 1 aromatic carbocycles. The molecule has 3 amide bonds. The zero-order chi connectivity index (χ0) is 22.5. The minimum absolute atomic E-state index is 0.134. The third kappa shape index (κ3) is 3.62. The molecule has 4 heterocycles. The largest absolute Gasteiger partial charge is 0.392 e. The van der Waals surface area contributed by atoms with Crippen molar-refractivity contribution >= 4 is 17.7 Å². The fourth-order valence-corrected chi connectivity index (χ4v) is 5.76. The van der Waals surface area contributed by atoms with E-state index < -0.39 is 17.7 Å². The van der Waals surface area contributed by atoms with Crippen molar-refractivity contribution in [3.63, 3.8) is 0 Å². The number of imide groups is 1. The molecule has 1 aromatic rings. The third-order valence-electron chi connectivity index (χ3n) is 7.27. The SMILES string of the molecule is O=C1CCCN1CCCN1C(=O)C2CC(O)CN2C2(CN(Cc3cccc(F)c3)C2)C1=O. The number of hydrogen-bond donors (Lipinski definition) is 1. The Hall–Kier alpha value is -2.36. The molecule has 0 radical (unpaired) electrons. The summed E-state index contributed by atoms with van der Waals surface area (Å²) in [4.78, 5) is 45.6. The monoisotopic (exact) mass is 444 g/mol. The minimum Gasteiger partial charge on any atom is -0.392 e. The van der Waals surface area contributed by atoms with E-state index in [1.807, 2.05) is 11.0 Å². The molecule has 1 N–H and O–H groups in total. The molecule has 0 bridgehead atoms. The Morgan fingerprint density at radius 3 is 2.69 bits per heavy atom. The van der Waals surface area contributed by atoms with Gasteiger partial charge in [0.05, 0.1) is 12.1 Å². The van der Waals surface area contributed by atoms with E-state index in [9.17, 15) is 23.9 Å². The highest BCUT2D eigenvalue weighted by Gasteiger charge is 2.64. The number of hydrogen-bond acceptors (Lipinski definition) is 6. The molecule has 5 rings (SSSR count). The molecule has 9 heteroatoms. The molecular formula is C23H29FN4O4. The first-order valence-corrected chi connectivity index (χ1v) is 11.4. The number of benzene rings is 1. The van der Waals surface area contributed by atoms with Crippen molar-refractivity contribution in [1.82, 2.24) is 19.6 Å². The Kier molecular flexibility index (Phi) is 5.51. The molecule has 4 aliphatic rings. The second kappa shape index (κ2) is 8.20. The summed E-state index contributed by atoms with van der Waals surface area (Å²) in [5, 5.41) is 10.3. The van der Waals surface area contributed by atoms with Crippen LogP contribution < -0.4 is 0 Å². The van der Waals surface area contributed by atoms with Crippen LogP contribution in [0, 0.1) is 5.82 Å². The lowest BCUT2D eigenvalue weighted by molar-refractivity contribution is -0.180. The number of aliphatic hydroxyl groups excluding tert-OH is 1. The molecular weight excluding hydrogens is 415 g/mol. The summed E-state index contributed by atoms with van der Waals surface area (Å²) in [7, 11) is 0. The van der Waals surface area contributed by atoms with Crippen molar-refractivity contribution < 1.29 is 23.9 Å². The number of rotatable bonds is 6. The quantitative estimate of drug-likeness (QED) is 0.631. The Labute approximate surface area is 186 Å². The number of carbonyl (C=O) groups is 3. The predicted molar refractivity (Wildman–Crippen MR) is 113 cm³/mol. The normalized spacial score (nSPS) is 28.0. The van der Waals surface area contributed by atoms with Crippen molar-refractivity contribution in [2.24, 2.45) is 0 Å². The van der Waals surface area contributed by atoms with E-state index in [-0.39, 0.29) is 30.1 Å². The second-order valence-electron chi connectivity index (χ2n) is 9.50. The molecule has 32 heavy (non-hydrogen) atoms. The van der Waals surface area contributed by atoms with Crippen LogP contribution in [0.5, 0.6) is 0 Å². The number of amides is 3. The van der Waals surface area contributed by atoms with Gasteiger partial charge in [0.15, 0.2) is 0 Å². The fourth-order valence-electron chi connectivity index (χ4n) is 5.76. The van der Waals surface area contributed by atoms with E-state index in [1.165, 1.54) is 17.0 Å². The summed E-state index contributed by atoms with van der Waals surface area (Å²) < 4.78 is 13.5. The molecule has 0 aliphatic carbocycles. The van der Waals surface area contributed by atoms with Crippen molar-refractivity contribution in [3.8, 4) is 0 Å². The lowest BCUT2D eigenvalue weighted by Crippen LogP contribution is -2.81. The van der Waals surface area contributed by atoms with Gasteiger partial charge in [0.25, 0.3) is 5.91 Å². The van der Waals surface area contributed by atoms with Gasteiger partial charge in [0, 0.05) is 52.2 Å². The molecule has 8 nitrogen and oxygen atoms in total. The van der Waals surface area contributed by atoms with Crippen LogP contribution in [0.25, 0.3) is 0 Å². The van der Waals surface area contributed by atoms with Gasteiger partial charge in [-0.25, -0.2) is 4.39 Å². The van der Waals surface area contributed by atoms with Crippen LogP contribution in [-0.2, 0) is 20.9 Å². The molecule has 4 fully saturated rings. The van der Waals surface area contributed by atoms with Crippen molar-refractivity contribution in [2.75, 3.05) is 39.3 Å². The topological polar surface area (TPSA) is 84.4 Å². The van der Waals surface area contributed by atoms with Gasteiger partial charge in [-0.2, -0.15) is 0 Å². The number of halogens is 1. The van der Waals surface area contributed by atoms with E-state index >= 15 is 0 Å². The highest BCUT2D eigenvalue weighted by Crippen LogP contribution is 2.41. The minimum atomic E-state index is -0.827. The lowest BCUT2D eigenvalue weighted by atomic mass is 9.82. The number of likely N-dealkylation sites (tertiary alicyclic amines) is 2. The number of carbonyl (C=O) groups excluding carboxylic acids is 3. The highest BCUT2D eigenvalue weighted by molar-refractivity contribution is 6.06. The molecule has 1 spiro atoms. The lowest BCUT2D eigenvalue weighted by Gasteiger charge is -2.58. The molecule has 2 atom stereocenters. The second-order valence-corrected chi connectivity index (χ2v) is 9.50. The van der Waals surface area contributed by atoms with E-state index in [0.29, 0.717) is 52.0 Å². The standard InChI is InChI=1S/C23H29FN4O4/c24-17-5-1-4-16(10-17)12-25-14-23(15-25)22(32)27(9-3-8-26-7-2-6-20(26)30)21(31)19-11-18(29)13-28(19)23/h1,4-5,10,18-19,29H,2-3,6-9,11-15H2. The molecule has 172 valence electrons. The average molecular weight is 445 g/mol. The first kappa shape index (κ1) is 21.5. The van der Waals surface area contributed by atoms with E-state index in [4.69, 9.17) is 0 Å². The van der Waals surface area contributed by atoms with Crippen molar-refractivity contribution in [3.05, 3.63) is 35.6 Å². The van der Waals surface area contributed by atoms with Gasteiger partial charge in [-0.3, -0.25) is 29.1 Å². The van der Waals surface area contributed by atoms with Crippen LogP contribution in [-0.4, -0.2) is 99.4 Å². The summed E-state index contributed by atoms with van der Waals surface area (Å²) in [5.74, 6) is -0.609. The zero-order valence-corrected chi connectivity index (χ0v) is 18.1. The molecule has 4 aliphatic heterocycles. The molecule has 2 unspecified atom stereocenters. The maximum absolute atomic E-state index is 13.5. The number of piperazine rings is 1. The van der Waals surface area contributed by atoms with Crippen LogP contribution in [0.3, 0.4) is 0 Å². The fraction of sp³-hybridized carbons (Fsp3) is 0.609.